The molecule has 27 heavy (non-hydrogen) atoms. The molecule has 0 fully saturated rings. The van der Waals surface area contributed by atoms with Crippen LogP contribution in [0.3, 0.4) is 0 Å². The predicted molar refractivity (Wildman–Crippen MR) is 92.5 cm³/mol. The number of hydrogen-bond acceptors (Lipinski definition) is 3. The van der Waals surface area contributed by atoms with Crippen molar-refractivity contribution >= 4 is 11.9 Å². The van der Waals surface area contributed by atoms with Crippen molar-refractivity contribution in [3.63, 3.8) is 0 Å². The van der Waals surface area contributed by atoms with Crippen LogP contribution < -0.4 is 5.32 Å². The van der Waals surface area contributed by atoms with E-state index in [2.05, 4.69) is 5.32 Å². The average molecular weight is 391 g/mol. The minimum Gasteiger partial charge on any atom is -0.464 e. The minimum absolute atomic E-state index is 0.175. The molecule has 1 N–H and O–H groups in total. The summed E-state index contributed by atoms with van der Waals surface area (Å²) in [4.78, 5) is 24.5. The van der Waals surface area contributed by atoms with Gasteiger partial charge in [0.2, 0.25) is 0 Å². The first-order valence-electron chi connectivity index (χ1n) is 8.77. The molecule has 1 unspecified atom stereocenters. The van der Waals surface area contributed by atoms with Gasteiger partial charge in [-0.05, 0) is 42.9 Å². The normalized spacial score (nSPS) is 13.0. The molecule has 0 bridgehead atoms. The van der Waals surface area contributed by atoms with Gasteiger partial charge in [0.05, 0.1) is 17.7 Å². The number of halogens is 4. The molecule has 0 aliphatic heterocycles. The fraction of sp³-hybridized carbons (Fsp3) is 0.579. The summed E-state index contributed by atoms with van der Waals surface area (Å²) < 4.78 is 57.3. The number of rotatable bonds is 8. The number of benzene rings is 1. The zero-order chi connectivity index (χ0) is 20.8. The van der Waals surface area contributed by atoms with Crippen molar-refractivity contribution in [3.8, 4) is 0 Å². The first-order valence-corrected chi connectivity index (χ1v) is 8.77. The van der Waals surface area contributed by atoms with Crippen LogP contribution in [0.15, 0.2) is 18.2 Å². The van der Waals surface area contributed by atoms with Gasteiger partial charge in [-0.25, -0.2) is 9.18 Å². The van der Waals surface area contributed by atoms with Crippen molar-refractivity contribution in [2.24, 2.45) is 11.8 Å². The Bertz CT molecular complexity index is 657. The van der Waals surface area contributed by atoms with Crippen molar-refractivity contribution < 1.29 is 31.9 Å². The average Bonchev–Trinajstić information content (AvgIpc) is 2.55. The number of carbonyl (C=O) groups excluding carboxylic acids is 2. The third kappa shape index (κ3) is 7.19. The van der Waals surface area contributed by atoms with Crippen molar-refractivity contribution in [2.75, 3.05) is 6.61 Å². The number of amides is 1. The van der Waals surface area contributed by atoms with E-state index in [1.807, 2.05) is 13.8 Å². The molecule has 4 nitrogen and oxygen atoms in total. The third-order valence-corrected chi connectivity index (χ3v) is 3.92. The molecule has 1 amide bonds. The van der Waals surface area contributed by atoms with Crippen molar-refractivity contribution in [3.05, 3.63) is 35.1 Å². The Balaban J connectivity index is 2.85. The lowest BCUT2D eigenvalue weighted by Gasteiger charge is -2.21. The fourth-order valence-electron chi connectivity index (χ4n) is 2.35. The van der Waals surface area contributed by atoms with Gasteiger partial charge in [0.15, 0.2) is 0 Å². The van der Waals surface area contributed by atoms with Crippen LogP contribution in [-0.2, 0) is 15.7 Å². The monoisotopic (exact) mass is 391 g/mol. The maximum Gasteiger partial charge on any atom is 0.416 e. The van der Waals surface area contributed by atoms with Gasteiger partial charge in [-0.15, -0.1) is 0 Å². The zero-order valence-electron chi connectivity index (χ0n) is 15.8. The summed E-state index contributed by atoms with van der Waals surface area (Å²) in [6.45, 7) is 7.52. The minimum atomic E-state index is -4.71. The Morgan fingerprint density at radius 2 is 1.78 bits per heavy atom. The highest BCUT2D eigenvalue weighted by atomic mass is 19.4. The van der Waals surface area contributed by atoms with Crippen molar-refractivity contribution in [2.45, 2.75) is 52.8 Å². The third-order valence-electron chi connectivity index (χ3n) is 3.92. The van der Waals surface area contributed by atoms with Crippen LogP contribution in [0, 0.1) is 17.7 Å². The van der Waals surface area contributed by atoms with Gasteiger partial charge in [-0.3, -0.25) is 4.79 Å². The number of carbonyl (C=O) groups is 2. The fourth-order valence-corrected chi connectivity index (χ4v) is 2.35. The summed E-state index contributed by atoms with van der Waals surface area (Å²) in [5.41, 5.74) is -1.92. The Hall–Kier alpha value is -2.12. The number of hydrogen-bond donors (Lipinski definition) is 1. The van der Waals surface area contributed by atoms with Crippen LogP contribution in [0.5, 0.6) is 0 Å². The lowest BCUT2D eigenvalue weighted by molar-refractivity contribution is -0.147. The Morgan fingerprint density at radius 3 is 2.30 bits per heavy atom. The highest BCUT2D eigenvalue weighted by Crippen LogP contribution is 2.30. The topological polar surface area (TPSA) is 55.4 Å². The van der Waals surface area contributed by atoms with Gasteiger partial charge in [-0.2, -0.15) is 13.2 Å². The summed E-state index contributed by atoms with van der Waals surface area (Å²) in [6, 6.07) is 0.461. The van der Waals surface area contributed by atoms with E-state index >= 15 is 0 Å². The molecule has 0 heterocycles. The largest absolute Gasteiger partial charge is 0.464 e. The summed E-state index contributed by atoms with van der Waals surface area (Å²) in [7, 11) is 0. The molecule has 0 saturated carbocycles. The van der Waals surface area contributed by atoms with Crippen LogP contribution in [-0.4, -0.2) is 24.5 Å². The Morgan fingerprint density at radius 1 is 1.15 bits per heavy atom. The lowest BCUT2D eigenvalue weighted by atomic mass is 10.0. The number of alkyl halides is 3. The predicted octanol–water partition coefficient (Wildman–Crippen LogP) is 4.58. The van der Waals surface area contributed by atoms with Crippen LogP contribution >= 0.6 is 0 Å². The second-order valence-electron chi connectivity index (χ2n) is 7.09. The van der Waals surface area contributed by atoms with E-state index in [0.29, 0.717) is 30.5 Å². The van der Waals surface area contributed by atoms with E-state index in [1.165, 1.54) is 0 Å². The molecular formula is C19H25F4NO3. The van der Waals surface area contributed by atoms with Crippen LogP contribution in [0.4, 0.5) is 17.6 Å². The zero-order valence-corrected chi connectivity index (χ0v) is 15.8. The highest BCUT2D eigenvalue weighted by Gasteiger charge is 2.33. The first-order chi connectivity index (χ1) is 12.4. The molecule has 8 heteroatoms. The second kappa shape index (κ2) is 9.71. The lowest BCUT2D eigenvalue weighted by Crippen LogP contribution is -2.45. The summed E-state index contributed by atoms with van der Waals surface area (Å²) in [6.07, 6.45) is -3.19. The quantitative estimate of drug-likeness (QED) is 0.401. The summed E-state index contributed by atoms with van der Waals surface area (Å²) in [5, 5.41) is 2.28. The number of esters is 1. The van der Waals surface area contributed by atoms with E-state index in [1.54, 1.807) is 13.8 Å². The van der Waals surface area contributed by atoms with Crippen LogP contribution in [0.2, 0.25) is 0 Å². The summed E-state index contributed by atoms with van der Waals surface area (Å²) in [5.74, 6) is -2.84. The molecule has 0 aliphatic carbocycles. The van der Waals surface area contributed by atoms with E-state index in [9.17, 15) is 27.2 Å². The summed E-state index contributed by atoms with van der Waals surface area (Å²) >= 11 is 0. The number of ether oxygens (including phenoxy) is 1. The molecule has 0 aromatic heterocycles. The van der Waals surface area contributed by atoms with Gasteiger partial charge < -0.3 is 10.1 Å². The van der Waals surface area contributed by atoms with Crippen LogP contribution in [0.25, 0.3) is 0 Å². The van der Waals surface area contributed by atoms with Crippen LogP contribution in [0.1, 0.15) is 56.5 Å². The molecule has 1 aromatic carbocycles. The molecule has 152 valence electrons. The molecule has 1 rings (SSSR count). The van der Waals surface area contributed by atoms with Gasteiger partial charge in [0, 0.05) is 0 Å². The SMILES string of the molecule is CC(C)CCCOC(=O)C(NC(=O)c1cc(C(F)(F)F)ccc1F)C(C)C. The molecule has 0 aliphatic rings. The molecule has 0 radical (unpaired) electrons. The maximum absolute atomic E-state index is 13.8. The molecule has 0 saturated heterocycles. The van der Waals surface area contributed by atoms with E-state index in [0.717, 1.165) is 6.42 Å². The molecule has 1 atom stereocenters. The van der Waals surface area contributed by atoms with Gasteiger partial charge in [0.25, 0.3) is 5.91 Å². The van der Waals surface area contributed by atoms with E-state index < -0.39 is 41.0 Å². The second-order valence-corrected chi connectivity index (χ2v) is 7.09. The smallest absolute Gasteiger partial charge is 0.416 e. The Kier molecular flexibility index (Phi) is 8.24. The van der Waals surface area contributed by atoms with Gasteiger partial charge in [-0.1, -0.05) is 27.7 Å². The molecule has 0 spiro atoms. The molecular weight excluding hydrogens is 366 g/mol. The van der Waals surface area contributed by atoms with Gasteiger partial charge in [0.1, 0.15) is 11.9 Å². The van der Waals surface area contributed by atoms with Crippen molar-refractivity contribution in [1.29, 1.82) is 0 Å². The van der Waals surface area contributed by atoms with Crippen molar-refractivity contribution in [1.82, 2.24) is 5.32 Å². The highest BCUT2D eigenvalue weighted by molar-refractivity contribution is 5.97. The van der Waals surface area contributed by atoms with Gasteiger partial charge >= 0.3 is 12.1 Å². The standard InChI is InChI=1S/C19H25F4NO3/c1-11(2)6-5-9-27-18(26)16(12(3)4)24-17(25)14-10-13(19(21,22)23)7-8-15(14)20/h7-8,10-12,16H,5-6,9H2,1-4H3,(H,24,25). The van der Waals surface area contributed by atoms with E-state index in [4.69, 9.17) is 4.74 Å². The Labute approximate surface area is 156 Å². The van der Waals surface area contributed by atoms with E-state index in [-0.39, 0.29) is 12.5 Å². The number of nitrogens with one attached hydrogen (secondary N) is 1. The maximum atomic E-state index is 13.8. The first kappa shape index (κ1) is 22.9. The molecule has 1 aromatic rings.